The number of fused-ring (bicyclic) bond motifs is 1. The van der Waals surface area contributed by atoms with Crippen molar-refractivity contribution in [3.63, 3.8) is 0 Å². The Hall–Kier alpha value is -1.60. The molecule has 0 saturated heterocycles. The second kappa shape index (κ2) is 4.46. The van der Waals surface area contributed by atoms with Crippen molar-refractivity contribution in [2.24, 2.45) is 0 Å². The summed E-state index contributed by atoms with van der Waals surface area (Å²) in [4.78, 5) is 0. The summed E-state index contributed by atoms with van der Waals surface area (Å²) in [5, 5.41) is 11.4. The van der Waals surface area contributed by atoms with Gasteiger partial charge in [0.25, 0.3) is 0 Å². The fraction of sp³-hybridized carbons (Fsp3) is 0.368. The van der Waals surface area contributed by atoms with E-state index in [2.05, 4.69) is 42.5 Å². The Bertz CT molecular complexity index is 642. The maximum Gasteiger partial charge on any atom is 0.115 e. The Morgan fingerprint density at radius 2 is 1.60 bits per heavy atom. The lowest BCUT2D eigenvalue weighted by atomic mass is 9.74. The van der Waals surface area contributed by atoms with Gasteiger partial charge in [-0.1, -0.05) is 55.0 Å². The summed E-state index contributed by atoms with van der Waals surface area (Å²) in [6, 6.07) is 16.9. The molecule has 20 heavy (non-hydrogen) atoms. The number of hydrogen-bond donors (Lipinski definition) is 1. The van der Waals surface area contributed by atoms with Crippen molar-refractivity contribution in [3.8, 4) is 0 Å². The van der Waals surface area contributed by atoms with Crippen LogP contribution in [-0.2, 0) is 12.0 Å². The van der Waals surface area contributed by atoms with Gasteiger partial charge in [0.1, 0.15) is 5.60 Å². The van der Waals surface area contributed by atoms with Gasteiger partial charge in [0.05, 0.1) is 0 Å². The van der Waals surface area contributed by atoms with Crippen LogP contribution in [0.2, 0.25) is 0 Å². The molecule has 4 rings (SSSR count). The standard InChI is InChI=1S/C19H20O/c20-19(13-12-15-6-1-3-10-17(15)19)18-11-4-2-9-16(18)14-7-5-8-14/h1-4,6,9-11,14,20H,5,7-8,12-13H2. The zero-order valence-corrected chi connectivity index (χ0v) is 11.7. The van der Waals surface area contributed by atoms with Gasteiger partial charge in [0.15, 0.2) is 0 Å². The Kier molecular flexibility index (Phi) is 2.71. The minimum absolute atomic E-state index is 0.656. The third-order valence-corrected chi connectivity index (χ3v) is 5.17. The molecule has 0 bridgehead atoms. The van der Waals surface area contributed by atoms with E-state index in [1.807, 2.05) is 6.07 Å². The molecule has 0 aromatic heterocycles. The van der Waals surface area contributed by atoms with E-state index in [1.165, 1.54) is 30.4 Å². The van der Waals surface area contributed by atoms with Gasteiger partial charge < -0.3 is 5.11 Å². The number of hydrogen-bond acceptors (Lipinski definition) is 1. The van der Waals surface area contributed by atoms with E-state index in [-0.39, 0.29) is 0 Å². The van der Waals surface area contributed by atoms with Gasteiger partial charge in [-0.15, -0.1) is 0 Å². The normalized spacial score (nSPS) is 25.2. The van der Waals surface area contributed by atoms with E-state index in [4.69, 9.17) is 0 Å². The SMILES string of the molecule is OC1(c2ccccc2C2CCC2)CCc2ccccc21. The van der Waals surface area contributed by atoms with Crippen LogP contribution in [0, 0.1) is 0 Å². The summed E-state index contributed by atoms with van der Waals surface area (Å²) in [7, 11) is 0. The molecule has 1 atom stereocenters. The maximum absolute atomic E-state index is 11.4. The molecule has 1 N–H and O–H groups in total. The Morgan fingerprint density at radius 3 is 2.35 bits per heavy atom. The van der Waals surface area contributed by atoms with Gasteiger partial charge in [-0.2, -0.15) is 0 Å². The first-order valence-corrected chi connectivity index (χ1v) is 7.69. The van der Waals surface area contributed by atoms with Crippen LogP contribution in [0.15, 0.2) is 48.5 Å². The van der Waals surface area contributed by atoms with E-state index < -0.39 is 5.60 Å². The molecule has 1 unspecified atom stereocenters. The molecule has 2 aliphatic rings. The van der Waals surface area contributed by atoms with Crippen molar-refractivity contribution in [1.29, 1.82) is 0 Å². The number of benzene rings is 2. The second-order valence-electron chi connectivity index (χ2n) is 6.23. The lowest BCUT2D eigenvalue weighted by Crippen LogP contribution is -2.27. The summed E-state index contributed by atoms with van der Waals surface area (Å²) in [6.07, 6.45) is 5.67. The molecule has 1 saturated carbocycles. The fourth-order valence-corrected chi connectivity index (χ4v) is 3.82. The topological polar surface area (TPSA) is 20.2 Å². The Morgan fingerprint density at radius 1 is 0.900 bits per heavy atom. The molecule has 2 aromatic carbocycles. The Balaban J connectivity index is 1.85. The molecule has 2 aromatic rings. The summed E-state index contributed by atoms with van der Waals surface area (Å²) in [5.41, 5.74) is 4.17. The monoisotopic (exact) mass is 264 g/mol. The summed E-state index contributed by atoms with van der Waals surface area (Å²) >= 11 is 0. The van der Waals surface area contributed by atoms with Crippen molar-refractivity contribution in [2.45, 2.75) is 43.6 Å². The zero-order valence-electron chi connectivity index (χ0n) is 11.7. The van der Waals surface area contributed by atoms with Crippen LogP contribution in [-0.4, -0.2) is 5.11 Å². The maximum atomic E-state index is 11.4. The highest BCUT2D eigenvalue weighted by molar-refractivity contribution is 5.48. The third kappa shape index (κ3) is 1.66. The quantitative estimate of drug-likeness (QED) is 0.864. The zero-order chi connectivity index (χ0) is 13.6. The van der Waals surface area contributed by atoms with Crippen LogP contribution in [0.5, 0.6) is 0 Å². The number of aryl methyl sites for hydroxylation is 1. The van der Waals surface area contributed by atoms with Gasteiger partial charge in [0, 0.05) is 0 Å². The van der Waals surface area contributed by atoms with Crippen LogP contribution in [0.1, 0.15) is 53.9 Å². The predicted octanol–water partition coefficient (Wildman–Crippen LogP) is 4.14. The lowest BCUT2D eigenvalue weighted by molar-refractivity contribution is 0.0809. The average molecular weight is 264 g/mol. The van der Waals surface area contributed by atoms with Gasteiger partial charge in [-0.05, 0) is 53.9 Å². The molecular formula is C19H20O. The van der Waals surface area contributed by atoms with Crippen LogP contribution >= 0.6 is 0 Å². The van der Waals surface area contributed by atoms with Gasteiger partial charge in [0.2, 0.25) is 0 Å². The van der Waals surface area contributed by atoms with E-state index >= 15 is 0 Å². The average Bonchev–Trinajstić information content (AvgIpc) is 2.77. The molecular weight excluding hydrogens is 244 g/mol. The molecule has 0 aliphatic heterocycles. The summed E-state index contributed by atoms with van der Waals surface area (Å²) in [5.74, 6) is 0.656. The van der Waals surface area contributed by atoms with Gasteiger partial charge in [-0.25, -0.2) is 0 Å². The molecule has 1 fully saturated rings. The molecule has 0 radical (unpaired) electrons. The van der Waals surface area contributed by atoms with Gasteiger partial charge >= 0.3 is 0 Å². The van der Waals surface area contributed by atoms with Gasteiger partial charge in [-0.3, -0.25) is 0 Å². The smallest absolute Gasteiger partial charge is 0.115 e. The molecule has 2 aliphatic carbocycles. The van der Waals surface area contributed by atoms with Crippen molar-refractivity contribution in [1.82, 2.24) is 0 Å². The summed E-state index contributed by atoms with van der Waals surface area (Å²) in [6.45, 7) is 0. The van der Waals surface area contributed by atoms with Crippen molar-refractivity contribution < 1.29 is 5.11 Å². The van der Waals surface area contributed by atoms with Crippen molar-refractivity contribution in [2.75, 3.05) is 0 Å². The molecule has 0 amide bonds. The predicted molar refractivity (Wildman–Crippen MR) is 80.8 cm³/mol. The van der Waals surface area contributed by atoms with E-state index in [0.29, 0.717) is 5.92 Å². The number of rotatable bonds is 2. The first-order valence-electron chi connectivity index (χ1n) is 7.69. The molecule has 0 heterocycles. The Labute approximate surface area is 120 Å². The molecule has 1 nitrogen and oxygen atoms in total. The van der Waals surface area contributed by atoms with Crippen LogP contribution in [0.25, 0.3) is 0 Å². The first kappa shape index (κ1) is 12.2. The lowest BCUT2D eigenvalue weighted by Gasteiger charge is -2.33. The minimum Gasteiger partial charge on any atom is -0.380 e. The van der Waals surface area contributed by atoms with Crippen LogP contribution in [0.4, 0.5) is 0 Å². The second-order valence-corrected chi connectivity index (χ2v) is 6.23. The van der Waals surface area contributed by atoms with Crippen molar-refractivity contribution in [3.05, 3.63) is 70.8 Å². The minimum atomic E-state index is -0.775. The number of aliphatic hydroxyl groups is 1. The van der Waals surface area contributed by atoms with E-state index in [9.17, 15) is 5.11 Å². The van der Waals surface area contributed by atoms with E-state index in [1.54, 1.807) is 0 Å². The molecule has 102 valence electrons. The summed E-state index contributed by atoms with van der Waals surface area (Å²) < 4.78 is 0. The highest BCUT2D eigenvalue weighted by atomic mass is 16.3. The first-order chi connectivity index (χ1) is 9.79. The third-order valence-electron chi connectivity index (χ3n) is 5.17. The molecule has 0 spiro atoms. The van der Waals surface area contributed by atoms with Crippen molar-refractivity contribution >= 4 is 0 Å². The van der Waals surface area contributed by atoms with E-state index in [0.717, 1.165) is 24.0 Å². The van der Waals surface area contributed by atoms with Crippen LogP contribution in [0.3, 0.4) is 0 Å². The van der Waals surface area contributed by atoms with Crippen LogP contribution < -0.4 is 0 Å². The highest BCUT2D eigenvalue weighted by Crippen LogP contribution is 2.47. The highest BCUT2D eigenvalue weighted by Gasteiger charge is 2.40. The largest absolute Gasteiger partial charge is 0.380 e. The molecule has 1 heteroatoms. The fourth-order valence-electron chi connectivity index (χ4n) is 3.82.